The predicted molar refractivity (Wildman–Crippen MR) is 123 cm³/mol. The molecule has 2 aliphatic rings. The van der Waals surface area contributed by atoms with Crippen LogP contribution in [-0.2, 0) is 21.0 Å². The van der Waals surface area contributed by atoms with Gasteiger partial charge in [0.05, 0.1) is 16.4 Å². The van der Waals surface area contributed by atoms with Gasteiger partial charge in [-0.25, -0.2) is 8.42 Å². The van der Waals surface area contributed by atoms with Gasteiger partial charge in [-0.1, -0.05) is 17.7 Å². The fourth-order valence-corrected chi connectivity index (χ4v) is 6.09. The molecular formula is C23H25ClF3N3O3S. The number of carbonyl (C=O) groups excluding carboxylic acids is 1. The first-order valence-electron chi connectivity index (χ1n) is 11.0. The molecule has 34 heavy (non-hydrogen) atoms. The fourth-order valence-electron chi connectivity index (χ4n) is 4.44. The summed E-state index contributed by atoms with van der Waals surface area (Å²) in [5, 5.41) is 0.440. The van der Waals surface area contributed by atoms with Crippen molar-refractivity contribution < 1.29 is 26.4 Å². The molecule has 0 bridgehead atoms. The standard InChI is InChI=1S/C23H25ClF3N3O3S/c24-19-6-8-21(9-7-19)34(32,33)30-10-2-3-17(16-30)22(31)29-13-11-28(12-14-29)20-5-1-4-18(15-20)23(25,26)27/h1,4-9,15,17H,2-3,10-14,16H2/t17-/m1/s1. The van der Waals surface area contributed by atoms with Crippen LogP contribution in [0.3, 0.4) is 0 Å². The number of hydrogen-bond donors (Lipinski definition) is 0. The number of halogens is 4. The van der Waals surface area contributed by atoms with Gasteiger partial charge in [-0.3, -0.25) is 4.79 Å². The summed E-state index contributed by atoms with van der Waals surface area (Å²) in [6, 6.07) is 11.1. The number of sulfonamides is 1. The molecule has 2 aliphatic heterocycles. The summed E-state index contributed by atoms with van der Waals surface area (Å²) < 4.78 is 66.5. The highest BCUT2D eigenvalue weighted by Crippen LogP contribution is 2.32. The van der Waals surface area contributed by atoms with E-state index >= 15 is 0 Å². The molecule has 0 aliphatic carbocycles. The molecule has 4 rings (SSSR count). The third-order valence-electron chi connectivity index (χ3n) is 6.31. The summed E-state index contributed by atoms with van der Waals surface area (Å²) in [6.45, 7) is 2.01. The van der Waals surface area contributed by atoms with E-state index in [0.717, 1.165) is 12.1 Å². The maximum atomic E-state index is 13.2. The molecule has 2 fully saturated rings. The van der Waals surface area contributed by atoms with Crippen LogP contribution in [0.25, 0.3) is 0 Å². The minimum absolute atomic E-state index is 0.109. The monoisotopic (exact) mass is 515 g/mol. The van der Waals surface area contributed by atoms with E-state index in [4.69, 9.17) is 11.6 Å². The van der Waals surface area contributed by atoms with Crippen molar-refractivity contribution in [1.82, 2.24) is 9.21 Å². The van der Waals surface area contributed by atoms with E-state index < -0.39 is 27.7 Å². The molecular weight excluding hydrogens is 491 g/mol. The number of amides is 1. The number of rotatable bonds is 4. The summed E-state index contributed by atoms with van der Waals surface area (Å²) in [5.74, 6) is -0.560. The van der Waals surface area contributed by atoms with Crippen molar-refractivity contribution in [1.29, 1.82) is 0 Å². The number of nitrogens with zero attached hydrogens (tertiary/aromatic N) is 3. The Kier molecular flexibility index (Phi) is 7.12. The zero-order valence-corrected chi connectivity index (χ0v) is 19.9. The summed E-state index contributed by atoms with van der Waals surface area (Å²) in [7, 11) is -3.73. The molecule has 0 spiro atoms. The van der Waals surface area contributed by atoms with Crippen LogP contribution >= 0.6 is 11.6 Å². The van der Waals surface area contributed by atoms with E-state index in [1.54, 1.807) is 11.0 Å². The summed E-state index contributed by atoms with van der Waals surface area (Å²) in [4.78, 5) is 16.8. The molecule has 0 N–H and O–H groups in total. The lowest BCUT2D eigenvalue weighted by Gasteiger charge is -2.39. The van der Waals surface area contributed by atoms with Gasteiger partial charge < -0.3 is 9.80 Å². The molecule has 0 aromatic heterocycles. The van der Waals surface area contributed by atoms with E-state index in [0.29, 0.717) is 56.3 Å². The van der Waals surface area contributed by atoms with Crippen LogP contribution in [0.4, 0.5) is 18.9 Å². The van der Waals surface area contributed by atoms with Crippen molar-refractivity contribution in [2.24, 2.45) is 5.92 Å². The Hall–Kier alpha value is -2.30. The van der Waals surface area contributed by atoms with Crippen LogP contribution in [0, 0.1) is 5.92 Å². The minimum Gasteiger partial charge on any atom is -0.368 e. The first-order chi connectivity index (χ1) is 16.1. The highest BCUT2D eigenvalue weighted by molar-refractivity contribution is 7.89. The molecule has 0 saturated carbocycles. The maximum Gasteiger partial charge on any atom is 0.416 e. The van der Waals surface area contributed by atoms with Gasteiger partial charge in [-0.05, 0) is 55.3 Å². The quantitative estimate of drug-likeness (QED) is 0.615. The molecule has 0 radical (unpaired) electrons. The van der Waals surface area contributed by atoms with Crippen molar-refractivity contribution in [3.8, 4) is 0 Å². The van der Waals surface area contributed by atoms with Gasteiger partial charge >= 0.3 is 6.18 Å². The second-order valence-electron chi connectivity index (χ2n) is 8.52. The molecule has 184 valence electrons. The van der Waals surface area contributed by atoms with Gasteiger partial charge in [0.15, 0.2) is 0 Å². The molecule has 6 nitrogen and oxygen atoms in total. The lowest BCUT2D eigenvalue weighted by Crippen LogP contribution is -2.53. The maximum absolute atomic E-state index is 13.2. The van der Waals surface area contributed by atoms with Gasteiger partial charge in [-0.2, -0.15) is 17.5 Å². The lowest BCUT2D eigenvalue weighted by molar-refractivity contribution is -0.137. The van der Waals surface area contributed by atoms with Crippen LogP contribution in [-0.4, -0.2) is 62.8 Å². The molecule has 2 aromatic rings. The Bertz CT molecular complexity index is 1130. The van der Waals surface area contributed by atoms with Gasteiger partial charge in [0.1, 0.15) is 0 Å². The molecule has 11 heteroatoms. The second-order valence-corrected chi connectivity index (χ2v) is 10.9. The highest BCUT2D eigenvalue weighted by atomic mass is 35.5. The van der Waals surface area contributed by atoms with Crippen molar-refractivity contribution in [2.45, 2.75) is 23.9 Å². The molecule has 1 amide bonds. The van der Waals surface area contributed by atoms with E-state index in [1.165, 1.54) is 34.6 Å². The van der Waals surface area contributed by atoms with E-state index in [1.807, 2.05) is 4.90 Å². The van der Waals surface area contributed by atoms with Gasteiger partial charge in [0.2, 0.25) is 15.9 Å². The topological polar surface area (TPSA) is 60.9 Å². The number of benzene rings is 2. The molecule has 2 heterocycles. The number of hydrogen-bond acceptors (Lipinski definition) is 4. The number of piperazine rings is 1. The van der Waals surface area contributed by atoms with Gasteiger partial charge in [-0.15, -0.1) is 0 Å². The smallest absolute Gasteiger partial charge is 0.368 e. The van der Waals surface area contributed by atoms with E-state index in [2.05, 4.69) is 0 Å². The van der Waals surface area contributed by atoms with Crippen molar-refractivity contribution in [3.63, 3.8) is 0 Å². The van der Waals surface area contributed by atoms with E-state index in [-0.39, 0.29) is 17.3 Å². The van der Waals surface area contributed by atoms with Crippen molar-refractivity contribution in [2.75, 3.05) is 44.2 Å². The van der Waals surface area contributed by atoms with Crippen molar-refractivity contribution >= 4 is 33.2 Å². The Balaban J connectivity index is 1.38. The van der Waals surface area contributed by atoms with Crippen LogP contribution in [0.2, 0.25) is 5.02 Å². The predicted octanol–water partition coefficient (Wildman–Crippen LogP) is 4.11. The molecule has 0 unspecified atom stereocenters. The Morgan fingerprint density at radius 1 is 0.971 bits per heavy atom. The van der Waals surface area contributed by atoms with Gasteiger partial charge in [0, 0.05) is 50.0 Å². The Labute approximate surface area is 201 Å². The summed E-state index contributed by atoms with van der Waals surface area (Å²) >= 11 is 5.86. The molecule has 2 aromatic carbocycles. The van der Waals surface area contributed by atoms with Crippen LogP contribution < -0.4 is 4.90 Å². The number of piperidine rings is 1. The first-order valence-corrected chi connectivity index (χ1v) is 12.8. The summed E-state index contributed by atoms with van der Waals surface area (Å²) in [5.41, 5.74) is -0.229. The SMILES string of the molecule is O=C([C@@H]1CCCN(S(=O)(=O)c2ccc(Cl)cc2)C1)N1CCN(c2cccc(C(F)(F)F)c2)CC1. The lowest BCUT2D eigenvalue weighted by atomic mass is 9.97. The number of carbonyl (C=O) groups is 1. The largest absolute Gasteiger partial charge is 0.416 e. The highest BCUT2D eigenvalue weighted by Gasteiger charge is 2.36. The minimum atomic E-state index is -4.41. The number of alkyl halides is 3. The third-order valence-corrected chi connectivity index (χ3v) is 8.45. The average molecular weight is 516 g/mol. The number of anilines is 1. The van der Waals surface area contributed by atoms with Gasteiger partial charge in [0.25, 0.3) is 0 Å². The Morgan fingerprint density at radius 3 is 2.29 bits per heavy atom. The first kappa shape index (κ1) is 24.8. The average Bonchev–Trinajstić information content (AvgIpc) is 2.83. The van der Waals surface area contributed by atoms with Crippen molar-refractivity contribution in [3.05, 3.63) is 59.1 Å². The zero-order chi connectivity index (χ0) is 24.5. The fraction of sp³-hybridized carbons (Fsp3) is 0.435. The molecule has 2 saturated heterocycles. The van der Waals surface area contributed by atoms with Crippen LogP contribution in [0.1, 0.15) is 18.4 Å². The van der Waals surface area contributed by atoms with Crippen LogP contribution in [0.15, 0.2) is 53.4 Å². The second kappa shape index (κ2) is 9.75. The zero-order valence-electron chi connectivity index (χ0n) is 18.3. The normalized spacial score (nSPS) is 20.4. The third kappa shape index (κ3) is 5.34. The molecule has 1 atom stereocenters. The Morgan fingerprint density at radius 2 is 1.65 bits per heavy atom. The summed E-state index contributed by atoms with van der Waals surface area (Å²) in [6.07, 6.45) is -3.24. The van der Waals surface area contributed by atoms with E-state index in [9.17, 15) is 26.4 Å². The van der Waals surface area contributed by atoms with Crippen LogP contribution in [0.5, 0.6) is 0 Å².